The van der Waals surface area contributed by atoms with Crippen LogP contribution >= 0.6 is 12.2 Å². The predicted octanol–water partition coefficient (Wildman–Crippen LogP) is 5.71. The van der Waals surface area contributed by atoms with Gasteiger partial charge in [0.1, 0.15) is 0 Å². The highest BCUT2D eigenvalue weighted by molar-refractivity contribution is 7.80. The number of alkyl halides is 3. The van der Waals surface area contributed by atoms with Crippen molar-refractivity contribution in [3.05, 3.63) is 59.7 Å². The van der Waals surface area contributed by atoms with Gasteiger partial charge in [-0.1, -0.05) is 62.5 Å². The second kappa shape index (κ2) is 10.3. The van der Waals surface area contributed by atoms with Crippen molar-refractivity contribution in [2.24, 2.45) is 5.92 Å². The molecule has 0 radical (unpaired) electrons. The lowest BCUT2D eigenvalue weighted by molar-refractivity contribution is -0.137. The molecule has 0 aliphatic carbocycles. The van der Waals surface area contributed by atoms with E-state index in [1.54, 1.807) is 6.07 Å². The van der Waals surface area contributed by atoms with Crippen LogP contribution in [0.1, 0.15) is 37.8 Å². The van der Waals surface area contributed by atoms with Crippen molar-refractivity contribution in [1.82, 2.24) is 5.32 Å². The van der Waals surface area contributed by atoms with Gasteiger partial charge in [0.15, 0.2) is 0 Å². The zero-order valence-corrected chi connectivity index (χ0v) is 14.9. The number of rotatable bonds is 8. The van der Waals surface area contributed by atoms with Crippen LogP contribution in [0.4, 0.5) is 13.2 Å². The van der Waals surface area contributed by atoms with E-state index in [4.69, 9.17) is 12.2 Å². The van der Waals surface area contributed by atoms with Gasteiger partial charge in [0.05, 0.1) is 10.6 Å². The standard InChI is InChI=1S/C19H24F3NS/c1-15(2)14-23-18(24)12-7-5-3-4-6-9-16-10-8-11-17(13-16)19(20,21)22/h3,5,7-8,10-13,15H,4,6,9,14H2,1-2H3,(H,23,24)/b5-3+,12-7+. The molecule has 0 aliphatic rings. The van der Waals surface area contributed by atoms with Gasteiger partial charge in [-0.3, -0.25) is 0 Å². The molecule has 0 saturated carbocycles. The lowest BCUT2D eigenvalue weighted by Gasteiger charge is -2.08. The first kappa shape index (κ1) is 20.4. The number of benzene rings is 1. The maximum Gasteiger partial charge on any atom is 0.416 e. The molecule has 0 unspecified atom stereocenters. The molecule has 1 aromatic rings. The van der Waals surface area contributed by atoms with Crippen molar-refractivity contribution in [2.45, 2.75) is 39.3 Å². The van der Waals surface area contributed by atoms with Crippen LogP contribution in [0.3, 0.4) is 0 Å². The van der Waals surface area contributed by atoms with E-state index in [1.165, 1.54) is 12.1 Å². The maximum absolute atomic E-state index is 12.6. The molecular weight excluding hydrogens is 331 g/mol. The molecule has 0 aliphatic heterocycles. The number of aryl methyl sites for hydroxylation is 1. The summed E-state index contributed by atoms with van der Waals surface area (Å²) in [7, 11) is 0. The summed E-state index contributed by atoms with van der Waals surface area (Å²) >= 11 is 5.16. The number of halogens is 3. The smallest absolute Gasteiger partial charge is 0.376 e. The summed E-state index contributed by atoms with van der Waals surface area (Å²) in [5, 5.41) is 3.14. The van der Waals surface area contributed by atoms with Crippen molar-refractivity contribution in [3.63, 3.8) is 0 Å². The molecule has 0 amide bonds. The summed E-state index contributed by atoms with van der Waals surface area (Å²) in [5.41, 5.74) is 0.133. The Hall–Kier alpha value is -1.62. The molecule has 24 heavy (non-hydrogen) atoms. The average molecular weight is 355 g/mol. The first-order valence-electron chi connectivity index (χ1n) is 8.06. The normalized spacial score (nSPS) is 12.4. The van der Waals surface area contributed by atoms with Crippen LogP contribution in [-0.4, -0.2) is 11.5 Å². The van der Waals surface area contributed by atoms with Crippen molar-refractivity contribution in [2.75, 3.05) is 6.54 Å². The van der Waals surface area contributed by atoms with E-state index in [1.807, 2.05) is 24.3 Å². The highest BCUT2D eigenvalue weighted by atomic mass is 32.1. The molecule has 1 N–H and O–H groups in total. The molecule has 0 fully saturated rings. The highest BCUT2D eigenvalue weighted by Gasteiger charge is 2.30. The van der Waals surface area contributed by atoms with Gasteiger partial charge < -0.3 is 5.32 Å². The van der Waals surface area contributed by atoms with Crippen LogP contribution in [0, 0.1) is 5.92 Å². The Morgan fingerprint density at radius 2 is 2.00 bits per heavy atom. The average Bonchev–Trinajstić information content (AvgIpc) is 2.51. The molecule has 132 valence electrons. The molecule has 0 bridgehead atoms. The van der Waals surface area contributed by atoms with Gasteiger partial charge in [-0.25, -0.2) is 0 Å². The van der Waals surface area contributed by atoms with E-state index in [0.29, 0.717) is 22.9 Å². The molecular formula is C19H24F3NS. The lowest BCUT2D eigenvalue weighted by atomic mass is 10.0. The van der Waals surface area contributed by atoms with Gasteiger partial charge in [-0.05, 0) is 42.9 Å². The minimum absolute atomic E-state index is 0.544. The van der Waals surface area contributed by atoms with E-state index < -0.39 is 11.7 Å². The van der Waals surface area contributed by atoms with Crippen LogP contribution in [0.2, 0.25) is 0 Å². The third kappa shape index (κ3) is 8.87. The van der Waals surface area contributed by atoms with E-state index in [9.17, 15) is 13.2 Å². The first-order chi connectivity index (χ1) is 11.3. The summed E-state index contributed by atoms with van der Waals surface area (Å²) < 4.78 is 37.9. The largest absolute Gasteiger partial charge is 0.416 e. The number of thiocarbonyl (C=S) groups is 1. The molecule has 0 saturated heterocycles. The number of allylic oxidation sites excluding steroid dienone is 3. The van der Waals surface area contributed by atoms with E-state index in [-0.39, 0.29) is 0 Å². The van der Waals surface area contributed by atoms with Crippen LogP contribution in [0.15, 0.2) is 48.6 Å². The second-order valence-corrected chi connectivity index (χ2v) is 6.46. The minimum atomic E-state index is -4.28. The van der Waals surface area contributed by atoms with Gasteiger partial charge in [-0.2, -0.15) is 13.2 Å². The fourth-order valence-corrected chi connectivity index (χ4v) is 2.17. The van der Waals surface area contributed by atoms with Gasteiger partial charge in [0.25, 0.3) is 0 Å². The highest BCUT2D eigenvalue weighted by Crippen LogP contribution is 2.29. The molecule has 5 heteroatoms. The minimum Gasteiger partial charge on any atom is -0.376 e. The lowest BCUT2D eigenvalue weighted by Crippen LogP contribution is -2.23. The van der Waals surface area contributed by atoms with Gasteiger partial charge >= 0.3 is 6.18 Å². The Kier molecular flexibility index (Phi) is 8.76. The molecule has 0 atom stereocenters. The van der Waals surface area contributed by atoms with Crippen LogP contribution in [0.25, 0.3) is 0 Å². The number of unbranched alkanes of at least 4 members (excludes halogenated alkanes) is 1. The molecule has 1 rings (SSSR count). The molecule has 1 aromatic carbocycles. The first-order valence-corrected chi connectivity index (χ1v) is 8.47. The third-order valence-electron chi connectivity index (χ3n) is 3.27. The van der Waals surface area contributed by atoms with Crippen LogP contribution < -0.4 is 5.32 Å². The summed E-state index contributed by atoms with van der Waals surface area (Å²) in [6, 6.07) is 5.52. The summed E-state index contributed by atoms with van der Waals surface area (Å²) in [5.74, 6) is 0.544. The fourth-order valence-electron chi connectivity index (χ4n) is 2.01. The third-order valence-corrected chi connectivity index (χ3v) is 3.55. The Morgan fingerprint density at radius 3 is 2.67 bits per heavy atom. The van der Waals surface area contributed by atoms with Gasteiger partial charge in [0.2, 0.25) is 0 Å². The number of hydrogen-bond donors (Lipinski definition) is 1. The van der Waals surface area contributed by atoms with Gasteiger partial charge in [-0.15, -0.1) is 0 Å². The molecule has 0 spiro atoms. The second-order valence-electron chi connectivity index (χ2n) is 6.02. The summed E-state index contributed by atoms with van der Waals surface area (Å²) in [4.78, 5) is 0.706. The Morgan fingerprint density at radius 1 is 1.25 bits per heavy atom. The van der Waals surface area contributed by atoms with Crippen LogP contribution in [0.5, 0.6) is 0 Å². The van der Waals surface area contributed by atoms with Crippen molar-refractivity contribution in [1.29, 1.82) is 0 Å². The van der Waals surface area contributed by atoms with Crippen molar-refractivity contribution >= 4 is 17.2 Å². The summed E-state index contributed by atoms with van der Waals surface area (Å²) in [6.07, 6.45) is 5.59. The Bertz CT molecular complexity index is 574. The van der Waals surface area contributed by atoms with E-state index in [0.717, 1.165) is 25.5 Å². The van der Waals surface area contributed by atoms with Crippen molar-refractivity contribution in [3.8, 4) is 0 Å². The van der Waals surface area contributed by atoms with Gasteiger partial charge in [0, 0.05) is 6.54 Å². The number of hydrogen-bond acceptors (Lipinski definition) is 1. The molecule has 1 nitrogen and oxygen atoms in total. The SMILES string of the molecule is CC(C)CNC(=S)/C=C/C=C/CCCc1cccc(C(F)(F)F)c1. The monoisotopic (exact) mass is 355 g/mol. The quantitative estimate of drug-likeness (QED) is 0.277. The predicted molar refractivity (Wildman–Crippen MR) is 98.1 cm³/mol. The summed E-state index contributed by atoms with van der Waals surface area (Å²) in [6.45, 7) is 5.08. The zero-order chi connectivity index (χ0) is 18.0. The molecule has 0 heterocycles. The van der Waals surface area contributed by atoms with Crippen molar-refractivity contribution < 1.29 is 13.2 Å². The van der Waals surface area contributed by atoms with E-state index in [2.05, 4.69) is 19.2 Å². The fraction of sp³-hybridized carbons (Fsp3) is 0.421. The molecule has 0 aromatic heterocycles. The van der Waals surface area contributed by atoms with Crippen LogP contribution in [-0.2, 0) is 12.6 Å². The number of nitrogens with one attached hydrogen (secondary N) is 1. The topological polar surface area (TPSA) is 12.0 Å². The Balaban J connectivity index is 2.30. The Labute approximate surface area is 147 Å². The maximum atomic E-state index is 12.6. The van der Waals surface area contributed by atoms with E-state index >= 15 is 0 Å². The zero-order valence-electron chi connectivity index (χ0n) is 14.1.